The molecule has 5 rings (SSSR count). The first kappa shape index (κ1) is 39.6. The maximum Gasteiger partial charge on any atom is 0.303 e. The van der Waals surface area contributed by atoms with E-state index >= 15 is 0 Å². The molecule has 2 N–H and O–H groups in total. The third-order valence-corrected chi connectivity index (χ3v) is 11.5. The van der Waals surface area contributed by atoms with Crippen LogP contribution >= 0.6 is 11.3 Å². The van der Waals surface area contributed by atoms with E-state index in [-0.39, 0.29) is 41.9 Å². The zero-order valence-electron chi connectivity index (χ0n) is 31.7. The Labute approximate surface area is 317 Å². The van der Waals surface area contributed by atoms with Crippen molar-refractivity contribution in [2.24, 2.45) is 5.41 Å². The lowest BCUT2D eigenvalue weighted by Gasteiger charge is -2.32. The second-order valence-electron chi connectivity index (χ2n) is 14.9. The predicted molar refractivity (Wildman–Crippen MR) is 210 cm³/mol. The molecule has 0 unspecified atom stereocenters. The van der Waals surface area contributed by atoms with E-state index in [1.165, 1.54) is 16.9 Å². The molecule has 10 nitrogen and oxygen atoms in total. The lowest BCUT2D eigenvalue weighted by atomic mass is 9.76. The van der Waals surface area contributed by atoms with E-state index in [1.54, 1.807) is 24.2 Å². The molecular weight excluding hydrogens is 687 g/mol. The monoisotopic (exact) mass is 739 g/mol. The van der Waals surface area contributed by atoms with Crippen molar-refractivity contribution >= 4 is 39.9 Å². The number of hydrogen-bond acceptors (Lipinski definition) is 7. The highest BCUT2D eigenvalue weighted by Gasteiger charge is 2.33. The van der Waals surface area contributed by atoms with Crippen LogP contribution in [-0.4, -0.2) is 74.4 Å². The summed E-state index contributed by atoms with van der Waals surface area (Å²) in [4.78, 5) is 56.7. The third kappa shape index (κ3) is 10.5. The van der Waals surface area contributed by atoms with E-state index in [0.717, 1.165) is 54.5 Å². The molecule has 282 valence electrons. The molecule has 53 heavy (non-hydrogen) atoms. The minimum atomic E-state index is -0.984. The van der Waals surface area contributed by atoms with E-state index in [0.29, 0.717) is 47.9 Å². The zero-order valence-corrected chi connectivity index (χ0v) is 32.5. The summed E-state index contributed by atoms with van der Waals surface area (Å²) in [5, 5.41) is 17.2. The molecule has 1 aliphatic rings. The molecule has 2 heterocycles. The van der Waals surface area contributed by atoms with Gasteiger partial charge >= 0.3 is 5.97 Å². The molecule has 0 aliphatic heterocycles. The van der Waals surface area contributed by atoms with E-state index in [2.05, 4.69) is 55.1 Å². The minimum Gasteiger partial charge on any atom is -0.481 e. The van der Waals surface area contributed by atoms with E-state index in [4.69, 9.17) is 5.11 Å². The zero-order chi connectivity index (χ0) is 38.1. The number of hydrogen-bond donors (Lipinski definition) is 2. The van der Waals surface area contributed by atoms with Crippen molar-refractivity contribution in [2.75, 3.05) is 25.5 Å². The van der Waals surface area contributed by atoms with Gasteiger partial charge in [0.25, 0.3) is 5.91 Å². The molecule has 2 aromatic heterocycles. The summed E-state index contributed by atoms with van der Waals surface area (Å²) in [5.41, 5.74) is 4.91. The SMILES string of the molecule is CCC(CC)N(CCN(C)C(=O)CCC(=O)O)Cc1cccc(C(=O)Nc2sc3c(c2C(=O)c2cnn(CCc4ccccc4)c2)CCC(C)(C)C3)c1. The van der Waals surface area contributed by atoms with Crippen molar-refractivity contribution < 1.29 is 24.3 Å². The van der Waals surface area contributed by atoms with Crippen molar-refractivity contribution in [1.82, 2.24) is 19.6 Å². The molecule has 0 radical (unpaired) electrons. The Morgan fingerprint density at radius 3 is 2.43 bits per heavy atom. The van der Waals surface area contributed by atoms with Crippen LogP contribution in [0.15, 0.2) is 67.0 Å². The third-order valence-electron chi connectivity index (χ3n) is 10.3. The average molecular weight is 740 g/mol. The molecule has 0 saturated carbocycles. The van der Waals surface area contributed by atoms with Crippen LogP contribution in [0.5, 0.6) is 0 Å². The number of carbonyl (C=O) groups is 4. The van der Waals surface area contributed by atoms with E-state index < -0.39 is 5.97 Å². The average Bonchev–Trinajstić information content (AvgIpc) is 3.76. The largest absolute Gasteiger partial charge is 0.481 e. The Morgan fingerprint density at radius 2 is 1.72 bits per heavy atom. The van der Waals surface area contributed by atoms with Gasteiger partial charge in [-0.1, -0.05) is 70.2 Å². The maximum atomic E-state index is 14.2. The number of anilines is 1. The number of aromatic nitrogens is 2. The highest BCUT2D eigenvalue weighted by molar-refractivity contribution is 7.17. The molecule has 4 aromatic rings. The number of thiophene rings is 1. The van der Waals surface area contributed by atoms with Crippen molar-refractivity contribution in [3.05, 3.63) is 105 Å². The number of amides is 2. The van der Waals surface area contributed by atoms with Gasteiger partial charge in [0.15, 0.2) is 5.78 Å². The smallest absolute Gasteiger partial charge is 0.303 e. The van der Waals surface area contributed by atoms with Crippen molar-refractivity contribution in [2.45, 2.75) is 98.2 Å². The van der Waals surface area contributed by atoms with Gasteiger partial charge in [-0.25, -0.2) is 0 Å². The van der Waals surface area contributed by atoms with Gasteiger partial charge in [0.05, 0.1) is 23.7 Å². The number of carbonyl (C=O) groups excluding carboxylic acids is 3. The van der Waals surface area contributed by atoms with Crippen LogP contribution in [0.1, 0.15) is 108 Å². The minimum absolute atomic E-state index is 0.0232. The van der Waals surface area contributed by atoms with Crippen LogP contribution in [-0.2, 0) is 41.9 Å². The number of benzene rings is 2. The van der Waals surface area contributed by atoms with Gasteiger partial charge in [-0.2, -0.15) is 5.10 Å². The van der Waals surface area contributed by atoms with Gasteiger partial charge in [-0.05, 0) is 72.8 Å². The number of ketones is 1. The highest BCUT2D eigenvalue weighted by Crippen LogP contribution is 2.44. The van der Waals surface area contributed by atoms with Crippen LogP contribution in [0.2, 0.25) is 0 Å². The second kappa shape index (κ2) is 17.9. The summed E-state index contributed by atoms with van der Waals surface area (Å²) in [5.74, 6) is -1.56. The summed E-state index contributed by atoms with van der Waals surface area (Å²) in [6.07, 6.45) is 8.48. The molecule has 0 spiro atoms. The summed E-state index contributed by atoms with van der Waals surface area (Å²) < 4.78 is 1.81. The quantitative estimate of drug-likeness (QED) is 0.101. The van der Waals surface area contributed by atoms with Crippen LogP contribution in [0, 0.1) is 5.41 Å². The fraction of sp³-hybridized carbons (Fsp3) is 0.452. The Bertz CT molecular complexity index is 1890. The molecule has 0 saturated heterocycles. The van der Waals surface area contributed by atoms with Gasteiger partial charge in [0.2, 0.25) is 5.91 Å². The van der Waals surface area contributed by atoms with Crippen molar-refractivity contribution in [3.63, 3.8) is 0 Å². The topological polar surface area (TPSA) is 125 Å². The van der Waals surface area contributed by atoms with Crippen LogP contribution < -0.4 is 5.32 Å². The normalized spacial score (nSPS) is 13.6. The van der Waals surface area contributed by atoms with Gasteiger partial charge in [-0.3, -0.25) is 28.8 Å². The summed E-state index contributed by atoms with van der Waals surface area (Å²) in [7, 11) is 1.71. The summed E-state index contributed by atoms with van der Waals surface area (Å²) in [6, 6.07) is 18.1. The lowest BCUT2D eigenvalue weighted by Crippen LogP contribution is -2.41. The Kier molecular flexibility index (Phi) is 13.4. The van der Waals surface area contributed by atoms with Crippen LogP contribution in [0.4, 0.5) is 5.00 Å². The lowest BCUT2D eigenvalue weighted by molar-refractivity contribution is -0.140. The Balaban J connectivity index is 1.33. The van der Waals surface area contributed by atoms with Gasteiger partial charge in [-0.15, -0.1) is 11.3 Å². The van der Waals surface area contributed by atoms with Gasteiger partial charge < -0.3 is 15.3 Å². The molecule has 2 aromatic carbocycles. The number of aliphatic carboxylic acids is 1. The number of aryl methyl sites for hydroxylation is 2. The molecule has 0 fully saturated rings. The van der Waals surface area contributed by atoms with Crippen molar-refractivity contribution in [1.29, 1.82) is 0 Å². The molecular formula is C42H53N5O5S. The number of nitrogens with zero attached hydrogens (tertiary/aromatic N) is 4. The maximum absolute atomic E-state index is 14.2. The molecule has 0 atom stereocenters. The molecule has 0 bridgehead atoms. The number of fused-ring (bicyclic) bond motifs is 1. The van der Waals surface area contributed by atoms with Gasteiger partial charge in [0, 0.05) is 62.3 Å². The van der Waals surface area contributed by atoms with Crippen molar-refractivity contribution in [3.8, 4) is 0 Å². The molecule has 11 heteroatoms. The molecule has 2 amide bonds. The summed E-state index contributed by atoms with van der Waals surface area (Å²) >= 11 is 1.51. The molecule has 1 aliphatic carbocycles. The number of carboxylic acids is 1. The van der Waals surface area contributed by atoms with Crippen LogP contribution in [0.3, 0.4) is 0 Å². The number of likely N-dealkylation sites (N-methyl/N-ethyl adjacent to an activating group) is 1. The Morgan fingerprint density at radius 1 is 0.981 bits per heavy atom. The first-order valence-corrected chi connectivity index (χ1v) is 19.5. The van der Waals surface area contributed by atoms with E-state index in [1.807, 2.05) is 47.3 Å². The Hall–Kier alpha value is -4.61. The highest BCUT2D eigenvalue weighted by atomic mass is 32.1. The van der Waals surface area contributed by atoms with Crippen LogP contribution in [0.25, 0.3) is 0 Å². The van der Waals surface area contributed by atoms with E-state index in [9.17, 15) is 19.2 Å². The standard InChI is InChI=1S/C42H53N5O5S/c1-6-33(7-2)46(23-22-45(5)36(48)16-17-37(49)50)27-30-14-11-15-31(24-30)40(52)44-41-38(34-18-20-42(3,4)25-35(34)53-41)39(51)32-26-43-47(28-32)21-19-29-12-9-8-10-13-29/h8-15,24,26,28,33H,6-7,16-23,25,27H2,1-5H3,(H,44,52)(H,49,50). The van der Waals surface area contributed by atoms with Gasteiger partial charge in [0.1, 0.15) is 5.00 Å². The number of rotatable bonds is 18. The fourth-order valence-corrected chi connectivity index (χ4v) is 8.59. The predicted octanol–water partition coefficient (Wildman–Crippen LogP) is 7.50. The summed E-state index contributed by atoms with van der Waals surface area (Å²) in [6.45, 7) is 11.1. The fourth-order valence-electron chi connectivity index (χ4n) is 7.09. The number of carboxylic acid groups (broad SMARTS) is 1. The number of nitrogens with one attached hydrogen (secondary N) is 1. The second-order valence-corrected chi connectivity index (χ2v) is 16.0. The first-order valence-electron chi connectivity index (χ1n) is 18.7. The first-order chi connectivity index (χ1) is 25.4.